The van der Waals surface area contributed by atoms with E-state index in [1.54, 1.807) is 6.07 Å². The molecule has 0 unspecified atom stereocenters. The molecule has 0 saturated carbocycles. The number of carbonyl (C=O) groups excluding carboxylic acids is 2. The second kappa shape index (κ2) is 6.14. The van der Waals surface area contributed by atoms with Crippen molar-refractivity contribution < 1.29 is 9.59 Å². The third-order valence-corrected chi connectivity index (χ3v) is 4.90. The van der Waals surface area contributed by atoms with Crippen LogP contribution in [0.2, 0.25) is 0 Å². The lowest BCUT2D eigenvalue weighted by molar-refractivity contribution is -0.116. The van der Waals surface area contributed by atoms with Crippen molar-refractivity contribution in [3.8, 4) is 0 Å². The lowest BCUT2D eigenvalue weighted by Gasteiger charge is -2.15. The van der Waals surface area contributed by atoms with E-state index < -0.39 is 5.37 Å². The van der Waals surface area contributed by atoms with Gasteiger partial charge in [0.15, 0.2) is 5.37 Å². The van der Waals surface area contributed by atoms with Crippen molar-refractivity contribution in [2.24, 2.45) is 0 Å². The van der Waals surface area contributed by atoms with E-state index in [9.17, 15) is 9.59 Å². The van der Waals surface area contributed by atoms with Gasteiger partial charge in [-0.3, -0.25) is 9.59 Å². The van der Waals surface area contributed by atoms with Crippen LogP contribution in [0.1, 0.15) is 5.56 Å². The maximum Gasteiger partial charge on any atom is 0.295 e. The van der Waals surface area contributed by atoms with Crippen LogP contribution in [0.3, 0.4) is 0 Å². The molecular weight excluding hydrogens is 364 g/mol. The number of hydrogen-bond donors (Lipinski definition) is 1. The van der Waals surface area contributed by atoms with E-state index in [0.717, 1.165) is 27.5 Å². The maximum atomic E-state index is 12.5. The van der Waals surface area contributed by atoms with Gasteiger partial charge in [-0.1, -0.05) is 24.3 Å². The van der Waals surface area contributed by atoms with Crippen LogP contribution in [0.4, 0.5) is 16.2 Å². The molecule has 3 rings (SSSR count). The van der Waals surface area contributed by atoms with Gasteiger partial charge in [0.1, 0.15) is 0 Å². The van der Waals surface area contributed by atoms with Crippen LogP contribution < -0.4 is 10.2 Å². The summed E-state index contributed by atoms with van der Waals surface area (Å²) in [6.45, 7) is 1.93. The fourth-order valence-electron chi connectivity index (χ4n) is 2.22. The molecule has 1 aliphatic heterocycles. The molecule has 1 atom stereocenters. The van der Waals surface area contributed by atoms with Gasteiger partial charge >= 0.3 is 0 Å². The van der Waals surface area contributed by atoms with E-state index in [-0.39, 0.29) is 11.1 Å². The standard InChI is InChI=1S/C16H13BrN2O2S/c1-10-5-4-6-11(9-10)19-15(20)14(22-16(19)21)18-13-8-3-2-7-12(13)17/h2-9,14,18H,1H3/t14-/m1/s1. The van der Waals surface area contributed by atoms with Gasteiger partial charge in [0.25, 0.3) is 11.1 Å². The van der Waals surface area contributed by atoms with E-state index in [2.05, 4.69) is 21.2 Å². The van der Waals surface area contributed by atoms with Gasteiger partial charge in [-0.25, -0.2) is 4.90 Å². The second-order valence-electron chi connectivity index (χ2n) is 4.90. The molecular formula is C16H13BrN2O2S. The van der Waals surface area contributed by atoms with Crippen molar-refractivity contribution in [2.75, 3.05) is 10.2 Å². The van der Waals surface area contributed by atoms with Crippen LogP contribution >= 0.6 is 27.7 Å². The topological polar surface area (TPSA) is 49.4 Å². The van der Waals surface area contributed by atoms with Crippen LogP contribution in [-0.4, -0.2) is 16.5 Å². The summed E-state index contributed by atoms with van der Waals surface area (Å²) in [7, 11) is 0. The summed E-state index contributed by atoms with van der Waals surface area (Å²) >= 11 is 4.42. The zero-order chi connectivity index (χ0) is 15.7. The SMILES string of the molecule is Cc1cccc(N2C(=O)S[C@@H](Nc3ccccc3Br)C2=O)c1. The Bertz CT molecular complexity index is 750. The Morgan fingerprint density at radius 3 is 2.64 bits per heavy atom. The molecule has 1 saturated heterocycles. The van der Waals surface area contributed by atoms with Gasteiger partial charge < -0.3 is 5.32 Å². The number of benzene rings is 2. The van der Waals surface area contributed by atoms with Gasteiger partial charge in [0.2, 0.25) is 0 Å². The minimum Gasteiger partial charge on any atom is -0.364 e. The summed E-state index contributed by atoms with van der Waals surface area (Å²) in [4.78, 5) is 26.0. The highest BCUT2D eigenvalue weighted by molar-refractivity contribution is 9.10. The lowest BCUT2D eigenvalue weighted by atomic mass is 10.2. The van der Waals surface area contributed by atoms with E-state index in [0.29, 0.717) is 5.69 Å². The Morgan fingerprint density at radius 2 is 1.91 bits per heavy atom. The molecule has 22 heavy (non-hydrogen) atoms. The van der Waals surface area contributed by atoms with E-state index in [4.69, 9.17) is 0 Å². The number of imide groups is 1. The number of nitrogens with zero attached hydrogens (tertiary/aromatic N) is 1. The Kier molecular flexibility index (Phi) is 4.22. The highest BCUT2D eigenvalue weighted by Gasteiger charge is 2.40. The van der Waals surface area contributed by atoms with Crippen LogP contribution in [0.15, 0.2) is 53.0 Å². The summed E-state index contributed by atoms with van der Waals surface area (Å²) in [6, 6.07) is 14.9. The average molecular weight is 377 g/mol. The number of amides is 2. The lowest BCUT2D eigenvalue weighted by Crippen LogP contribution is -2.34. The normalized spacial score (nSPS) is 17.9. The Balaban J connectivity index is 1.84. The maximum absolute atomic E-state index is 12.5. The molecule has 0 spiro atoms. The average Bonchev–Trinajstić information content (AvgIpc) is 2.76. The third kappa shape index (κ3) is 2.89. The fraction of sp³-hybridized carbons (Fsp3) is 0.125. The van der Waals surface area contributed by atoms with E-state index in [1.165, 1.54) is 4.90 Å². The molecule has 1 N–H and O–H groups in total. The zero-order valence-corrected chi connectivity index (χ0v) is 14.1. The summed E-state index contributed by atoms with van der Waals surface area (Å²) in [5.41, 5.74) is 2.40. The number of anilines is 2. The quantitative estimate of drug-likeness (QED) is 0.862. The van der Waals surface area contributed by atoms with Gasteiger partial charge in [-0.15, -0.1) is 0 Å². The largest absolute Gasteiger partial charge is 0.364 e. The summed E-state index contributed by atoms with van der Waals surface area (Å²) in [5.74, 6) is -0.253. The smallest absolute Gasteiger partial charge is 0.295 e. The molecule has 1 aliphatic rings. The van der Waals surface area contributed by atoms with Crippen LogP contribution in [0.5, 0.6) is 0 Å². The number of para-hydroxylation sites is 1. The number of aryl methyl sites for hydroxylation is 1. The molecule has 4 nitrogen and oxygen atoms in total. The molecule has 2 amide bonds. The molecule has 0 radical (unpaired) electrons. The molecule has 6 heteroatoms. The first-order valence-corrected chi connectivity index (χ1v) is 8.36. The molecule has 112 valence electrons. The predicted molar refractivity (Wildman–Crippen MR) is 93.2 cm³/mol. The predicted octanol–water partition coefficient (Wildman–Crippen LogP) is 4.40. The van der Waals surface area contributed by atoms with Crippen molar-refractivity contribution in [1.82, 2.24) is 0 Å². The summed E-state index contributed by atoms with van der Waals surface area (Å²) in [5, 5.41) is 2.23. The number of nitrogens with one attached hydrogen (secondary N) is 1. The highest BCUT2D eigenvalue weighted by Crippen LogP contribution is 2.34. The number of rotatable bonds is 3. The molecule has 0 aliphatic carbocycles. The van der Waals surface area contributed by atoms with Gasteiger partial charge in [-0.2, -0.15) is 0 Å². The van der Waals surface area contributed by atoms with Gasteiger partial charge in [0.05, 0.1) is 5.69 Å². The van der Waals surface area contributed by atoms with E-state index >= 15 is 0 Å². The molecule has 1 heterocycles. The van der Waals surface area contributed by atoms with Crippen molar-refractivity contribution in [1.29, 1.82) is 0 Å². The number of halogens is 1. The van der Waals surface area contributed by atoms with E-state index in [1.807, 2.05) is 49.4 Å². The first-order valence-electron chi connectivity index (χ1n) is 6.68. The minimum atomic E-state index is -0.619. The first-order chi connectivity index (χ1) is 10.6. The summed E-state index contributed by atoms with van der Waals surface area (Å²) in [6.07, 6.45) is 0. The fourth-order valence-corrected chi connectivity index (χ4v) is 3.52. The highest BCUT2D eigenvalue weighted by atomic mass is 79.9. The number of carbonyl (C=O) groups is 2. The van der Waals surface area contributed by atoms with Crippen LogP contribution in [0.25, 0.3) is 0 Å². The summed E-state index contributed by atoms with van der Waals surface area (Å²) < 4.78 is 0.852. The molecule has 0 aromatic heterocycles. The zero-order valence-electron chi connectivity index (χ0n) is 11.7. The number of thioether (sulfide) groups is 1. The van der Waals surface area contributed by atoms with Crippen LogP contribution in [0, 0.1) is 6.92 Å². The van der Waals surface area contributed by atoms with Crippen molar-refractivity contribution in [2.45, 2.75) is 12.3 Å². The Morgan fingerprint density at radius 1 is 1.14 bits per heavy atom. The molecule has 1 fully saturated rings. The Labute approximate surface area is 141 Å². The first kappa shape index (κ1) is 15.1. The Hall–Kier alpha value is -1.79. The third-order valence-electron chi connectivity index (χ3n) is 3.27. The minimum absolute atomic E-state index is 0.253. The van der Waals surface area contributed by atoms with Crippen molar-refractivity contribution in [3.63, 3.8) is 0 Å². The molecule has 2 aromatic carbocycles. The molecule has 0 bridgehead atoms. The molecule has 2 aromatic rings. The van der Waals surface area contributed by atoms with Gasteiger partial charge in [0, 0.05) is 10.2 Å². The van der Waals surface area contributed by atoms with Crippen molar-refractivity contribution in [3.05, 3.63) is 58.6 Å². The second-order valence-corrected chi connectivity index (χ2v) is 6.81. The number of hydrogen-bond acceptors (Lipinski definition) is 4. The van der Waals surface area contributed by atoms with Crippen LogP contribution in [-0.2, 0) is 4.79 Å². The van der Waals surface area contributed by atoms with Gasteiger partial charge in [-0.05, 0) is 64.4 Å². The van der Waals surface area contributed by atoms with Crippen molar-refractivity contribution >= 4 is 50.2 Å². The monoisotopic (exact) mass is 376 g/mol.